The summed E-state index contributed by atoms with van der Waals surface area (Å²) in [5.41, 5.74) is 9.02. The van der Waals surface area contributed by atoms with Crippen LogP contribution in [0.2, 0.25) is 10.0 Å². The van der Waals surface area contributed by atoms with E-state index in [9.17, 15) is 4.79 Å². The van der Waals surface area contributed by atoms with Crippen molar-refractivity contribution in [2.24, 2.45) is 5.92 Å². The van der Waals surface area contributed by atoms with Gasteiger partial charge in [0.1, 0.15) is 0 Å². The molecule has 3 aliphatic rings. The monoisotopic (exact) mass is 535 g/mol. The standard InChI is InChI=1S/C25H35Cl2N7O2/c1-15(23-20(26)12-28-13-21(23)27)36-18-4-5-22-19(10-18)24(31-30-22)16-11-29-34(14-16)17-6-8-33(9-7-17)25(35)32(2)3/h11-15,17-19,22,24,30-31H,4-10H2,1-3H3/t15-,18?,19?,22?,24?/m1/s1. The van der Waals surface area contributed by atoms with Crippen molar-refractivity contribution in [1.29, 1.82) is 0 Å². The minimum Gasteiger partial charge on any atom is -0.370 e. The van der Waals surface area contributed by atoms with Crippen LogP contribution in [0.1, 0.15) is 68.3 Å². The third-order valence-corrected chi connectivity index (χ3v) is 8.47. The van der Waals surface area contributed by atoms with Crippen LogP contribution in [0.25, 0.3) is 0 Å². The number of halogens is 2. The van der Waals surface area contributed by atoms with Crippen LogP contribution in [0.15, 0.2) is 24.8 Å². The van der Waals surface area contributed by atoms with Gasteiger partial charge in [-0.2, -0.15) is 5.10 Å². The van der Waals surface area contributed by atoms with Crippen LogP contribution < -0.4 is 10.9 Å². The Balaban J connectivity index is 1.21. The molecule has 0 aromatic carbocycles. The van der Waals surface area contributed by atoms with Crippen LogP contribution in [0.4, 0.5) is 4.79 Å². The maximum Gasteiger partial charge on any atom is 0.319 e. The van der Waals surface area contributed by atoms with Crippen molar-refractivity contribution in [2.75, 3.05) is 27.2 Å². The van der Waals surface area contributed by atoms with Crippen LogP contribution in [-0.4, -0.2) is 69.9 Å². The number of likely N-dealkylation sites (tertiary alicyclic amines) is 1. The summed E-state index contributed by atoms with van der Waals surface area (Å²) in [4.78, 5) is 19.9. The van der Waals surface area contributed by atoms with Gasteiger partial charge in [-0.3, -0.25) is 15.1 Å². The van der Waals surface area contributed by atoms with Gasteiger partial charge in [0.05, 0.1) is 40.5 Å². The molecule has 4 unspecified atom stereocenters. The molecule has 196 valence electrons. The summed E-state index contributed by atoms with van der Waals surface area (Å²) in [6, 6.07) is 0.975. The van der Waals surface area contributed by atoms with Crippen molar-refractivity contribution in [3.05, 3.63) is 46.0 Å². The quantitative estimate of drug-likeness (QED) is 0.591. The number of carbonyl (C=O) groups excluding carboxylic acids is 1. The molecule has 9 nitrogen and oxygen atoms in total. The molecule has 4 heterocycles. The van der Waals surface area contributed by atoms with Crippen molar-refractivity contribution in [2.45, 2.75) is 69.4 Å². The minimum atomic E-state index is -0.205. The van der Waals surface area contributed by atoms with Crippen molar-refractivity contribution < 1.29 is 9.53 Å². The van der Waals surface area contributed by atoms with Gasteiger partial charge in [-0.25, -0.2) is 10.2 Å². The Bertz CT molecular complexity index is 1050. The Morgan fingerprint density at radius 1 is 1.11 bits per heavy atom. The van der Waals surface area contributed by atoms with E-state index in [1.54, 1.807) is 31.4 Å². The first-order chi connectivity index (χ1) is 17.3. The Morgan fingerprint density at radius 3 is 2.53 bits per heavy atom. The third kappa shape index (κ3) is 5.22. The summed E-state index contributed by atoms with van der Waals surface area (Å²) in [5, 5.41) is 5.80. The van der Waals surface area contributed by atoms with E-state index in [0.29, 0.717) is 28.0 Å². The maximum atomic E-state index is 12.2. The number of amides is 2. The highest BCUT2D eigenvalue weighted by Gasteiger charge is 2.42. The van der Waals surface area contributed by atoms with E-state index in [1.807, 2.05) is 18.0 Å². The molecule has 1 saturated carbocycles. The number of hydrogen-bond acceptors (Lipinski definition) is 6. The largest absolute Gasteiger partial charge is 0.370 e. The number of nitrogens with zero attached hydrogens (tertiary/aromatic N) is 5. The van der Waals surface area contributed by atoms with Crippen LogP contribution in [-0.2, 0) is 4.74 Å². The minimum absolute atomic E-state index is 0.0822. The molecule has 5 rings (SSSR count). The topological polar surface area (TPSA) is 87.5 Å². The fourth-order valence-corrected chi connectivity index (χ4v) is 6.63. The fraction of sp³-hybridized carbons (Fsp3) is 0.640. The Kier molecular flexibility index (Phi) is 7.74. The first kappa shape index (κ1) is 25.7. The van der Waals surface area contributed by atoms with Gasteiger partial charge in [0.2, 0.25) is 0 Å². The molecule has 2 N–H and O–H groups in total. The molecule has 2 aromatic rings. The number of nitrogens with one attached hydrogen (secondary N) is 2. The molecular formula is C25H35Cl2N7O2. The van der Waals surface area contributed by atoms with Gasteiger partial charge >= 0.3 is 6.03 Å². The van der Waals surface area contributed by atoms with Crippen molar-refractivity contribution in [1.82, 2.24) is 35.4 Å². The van der Waals surface area contributed by atoms with E-state index in [0.717, 1.165) is 50.8 Å². The third-order valence-electron chi connectivity index (χ3n) is 7.87. The molecule has 2 aromatic heterocycles. The lowest BCUT2D eigenvalue weighted by Gasteiger charge is -2.34. The molecule has 0 bridgehead atoms. The molecule has 0 radical (unpaired) electrons. The molecular weight excluding hydrogens is 501 g/mol. The number of hydrogen-bond donors (Lipinski definition) is 2. The van der Waals surface area contributed by atoms with E-state index < -0.39 is 0 Å². The zero-order valence-corrected chi connectivity index (χ0v) is 22.5. The molecule has 11 heteroatoms. The molecule has 5 atom stereocenters. The summed E-state index contributed by atoms with van der Waals surface area (Å²) in [5.74, 6) is 0.400. The molecule has 2 aliphatic heterocycles. The highest BCUT2D eigenvalue weighted by Crippen LogP contribution is 2.41. The lowest BCUT2D eigenvalue weighted by molar-refractivity contribution is -0.0370. The average molecular weight is 537 g/mol. The Hall–Kier alpha value is -1.91. The van der Waals surface area contributed by atoms with E-state index in [2.05, 4.69) is 26.7 Å². The molecule has 1 aliphatic carbocycles. The van der Waals surface area contributed by atoms with Crippen molar-refractivity contribution >= 4 is 29.2 Å². The number of fused-ring (bicyclic) bond motifs is 1. The Morgan fingerprint density at radius 2 is 1.83 bits per heavy atom. The zero-order valence-electron chi connectivity index (χ0n) is 21.0. The maximum absolute atomic E-state index is 12.2. The number of aromatic nitrogens is 3. The number of rotatable bonds is 5. The van der Waals surface area contributed by atoms with Gasteiger partial charge in [0.15, 0.2) is 0 Å². The van der Waals surface area contributed by atoms with E-state index in [-0.39, 0.29) is 24.3 Å². The van der Waals surface area contributed by atoms with Crippen molar-refractivity contribution in [3.63, 3.8) is 0 Å². The zero-order chi connectivity index (χ0) is 25.4. The smallest absolute Gasteiger partial charge is 0.319 e. The van der Waals surface area contributed by atoms with Gasteiger partial charge in [-0.15, -0.1) is 0 Å². The molecule has 2 saturated heterocycles. The lowest BCUT2D eigenvalue weighted by atomic mass is 9.78. The number of ether oxygens (including phenoxy) is 1. The van der Waals surface area contributed by atoms with Crippen LogP contribution >= 0.6 is 23.2 Å². The van der Waals surface area contributed by atoms with Crippen molar-refractivity contribution in [3.8, 4) is 0 Å². The predicted molar refractivity (Wildman–Crippen MR) is 139 cm³/mol. The summed E-state index contributed by atoms with van der Waals surface area (Å²) in [6.07, 6.45) is 12.1. The van der Waals surface area contributed by atoms with Gasteiger partial charge in [0, 0.05) is 62.9 Å². The first-order valence-corrected chi connectivity index (χ1v) is 13.5. The highest BCUT2D eigenvalue weighted by molar-refractivity contribution is 6.35. The van der Waals surface area contributed by atoms with Crippen LogP contribution in [0.3, 0.4) is 0 Å². The number of piperidine rings is 1. The fourth-order valence-electron chi connectivity index (χ4n) is 5.95. The molecule has 36 heavy (non-hydrogen) atoms. The first-order valence-electron chi connectivity index (χ1n) is 12.8. The average Bonchev–Trinajstić information content (AvgIpc) is 3.50. The SMILES string of the molecule is C[C@@H](OC1CCC2NNC(c3cnn(C4CCN(C(=O)N(C)C)CC4)c3)C2C1)c1c(Cl)cncc1Cl. The number of urea groups is 1. The number of carbonyl (C=O) groups is 1. The summed E-state index contributed by atoms with van der Waals surface area (Å²) in [6.45, 7) is 3.52. The van der Waals surface area contributed by atoms with Gasteiger partial charge < -0.3 is 14.5 Å². The van der Waals surface area contributed by atoms with E-state index in [1.165, 1.54) is 5.56 Å². The predicted octanol–water partition coefficient (Wildman–Crippen LogP) is 4.37. The van der Waals surface area contributed by atoms with Gasteiger partial charge in [-0.1, -0.05) is 23.2 Å². The van der Waals surface area contributed by atoms with E-state index >= 15 is 0 Å². The second-order valence-electron chi connectivity index (χ2n) is 10.4. The highest BCUT2D eigenvalue weighted by atomic mass is 35.5. The summed E-state index contributed by atoms with van der Waals surface area (Å²) < 4.78 is 8.56. The number of pyridine rings is 1. The van der Waals surface area contributed by atoms with Gasteiger partial charge in [-0.05, 0) is 44.9 Å². The Labute approximate surface area is 222 Å². The summed E-state index contributed by atoms with van der Waals surface area (Å²) >= 11 is 12.7. The molecule has 2 amide bonds. The summed E-state index contributed by atoms with van der Waals surface area (Å²) in [7, 11) is 3.60. The molecule has 3 fully saturated rings. The van der Waals surface area contributed by atoms with Crippen LogP contribution in [0.5, 0.6) is 0 Å². The van der Waals surface area contributed by atoms with Gasteiger partial charge in [0.25, 0.3) is 0 Å². The normalized spacial score (nSPS) is 27.6. The second kappa shape index (κ2) is 10.8. The second-order valence-corrected chi connectivity index (χ2v) is 11.2. The van der Waals surface area contributed by atoms with Crippen LogP contribution in [0, 0.1) is 5.92 Å². The molecule has 0 spiro atoms. The van der Waals surface area contributed by atoms with E-state index in [4.69, 9.17) is 33.0 Å². The lowest BCUT2D eigenvalue weighted by Crippen LogP contribution is -2.44. The number of hydrazine groups is 1.